The van der Waals surface area contributed by atoms with E-state index in [0.717, 1.165) is 4.47 Å². The van der Waals surface area contributed by atoms with Crippen LogP contribution < -0.4 is 0 Å². The number of hydrogen-bond donors (Lipinski definition) is 0. The highest BCUT2D eigenvalue weighted by molar-refractivity contribution is 9.10. The predicted molar refractivity (Wildman–Crippen MR) is 187 cm³/mol. The maximum Gasteiger partial charge on any atom is 0.0726 e. The smallest absolute Gasteiger partial charge is 0.0622 e. The van der Waals surface area contributed by atoms with Gasteiger partial charge < -0.3 is 0 Å². The lowest BCUT2D eigenvalue weighted by atomic mass is 9.70. The molecule has 0 radical (unpaired) electrons. The lowest BCUT2D eigenvalue weighted by molar-refractivity contribution is 0.794. The highest BCUT2D eigenvalue weighted by Gasteiger charge is 2.52. The predicted octanol–water partition coefficient (Wildman–Crippen LogP) is 11.8. The second-order valence-electron chi connectivity index (χ2n) is 11.8. The van der Waals surface area contributed by atoms with Crippen molar-refractivity contribution in [2.24, 2.45) is 0 Å². The summed E-state index contributed by atoms with van der Waals surface area (Å²) in [7, 11) is 0. The Balaban J connectivity index is 1.33. The summed E-state index contributed by atoms with van der Waals surface area (Å²) >= 11 is 3.94. The fraction of sp³-hybridized carbons (Fsp3) is 0.0233. The quantitative estimate of drug-likeness (QED) is 0.184. The number of hydrogen-bond acceptors (Lipinski definition) is 0. The first-order chi connectivity index (χ1) is 21.7. The van der Waals surface area contributed by atoms with Gasteiger partial charge in [0.1, 0.15) is 0 Å². The first-order valence-electron chi connectivity index (χ1n) is 15.1. The van der Waals surface area contributed by atoms with Crippen molar-refractivity contribution in [1.82, 2.24) is 0 Å². The third-order valence-electron chi connectivity index (χ3n) is 9.54. The number of halogens is 1. The molecule has 1 heteroatoms. The van der Waals surface area contributed by atoms with Crippen LogP contribution >= 0.6 is 15.9 Å². The molecule has 0 heterocycles. The molecular formula is C43H27Br. The van der Waals surface area contributed by atoms with Crippen LogP contribution in [0.3, 0.4) is 0 Å². The Labute approximate surface area is 266 Å². The molecule has 9 rings (SSSR count). The van der Waals surface area contributed by atoms with Crippen molar-refractivity contribution in [2.75, 3.05) is 0 Å². The topological polar surface area (TPSA) is 0 Å². The third kappa shape index (κ3) is 3.57. The molecular weight excluding hydrogens is 596 g/mol. The molecule has 0 aliphatic heterocycles. The van der Waals surface area contributed by atoms with E-state index in [1.807, 2.05) is 0 Å². The van der Waals surface area contributed by atoms with E-state index in [1.54, 1.807) is 0 Å². The van der Waals surface area contributed by atoms with Crippen LogP contribution in [0.2, 0.25) is 0 Å². The average Bonchev–Trinajstić information content (AvgIpc) is 3.56. The van der Waals surface area contributed by atoms with E-state index >= 15 is 0 Å². The zero-order valence-corrected chi connectivity index (χ0v) is 25.6. The molecule has 2 aliphatic rings. The Bertz CT molecular complexity index is 2170. The van der Waals surface area contributed by atoms with Gasteiger partial charge >= 0.3 is 0 Å². The van der Waals surface area contributed by atoms with Gasteiger partial charge in [-0.05, 0) is 103 Å². The standard InChI is InChI=1S/C43H27Br/c44-41-21-11-20-39-42(41)36-17-8-10-19-38(36)43(39)37-18-9-7-16-34(37)35-23-22-30(27-40(35)43)33-25-31(28-12-3-1-4-13-28)24-32(26-33)29-14-5-2-6-15-29/h1-27H. The Morgan fingerprint density at radius 2 is 0.818 bits per heavy atom. The van der Waals surface area contributed by atoms with Crippen molar-refractivity contribution in [3.05, 3.63) is 191 Å². The first-order valence-corrected chi connectivity index (χ1v) is 15.9. The molecule has 1 unspecified atom stereocenters. The zero-order chi connectivity index (χ0) is 29.3. The average molecular weight is 624 g/mol. The minimum Gasteiger partial charge on any atom is -0.0622 e. The van der Waals surface area contributed by atoms with Crippen LogP contribution in [0.5, 0.6) is 0 Å². The summed E-state index contributed by atoms with van der Waals surface area (Å²) < 4.78 is 1.14. The highest BCUT2D eigenvalue weighted by atomic mass is 79.9. The van der Waals surface area contributed by atoms with Crippen LogP contribution in [-0.2, 0) is 5.41 Å². The normalized spacial score (nSPS) is 15.5. The minimum atomic E-state index is -0.378. The fourth-order valence-corrected chi connectivity index (χ4v) is 8.29. The molecule has 2 aliphatic carbocycles. The monoisotopic (exact) mass is 622 g/mol. The number of fused-ring (bicyclic) bond motifs is 10. The first kappa shape index (κ1) is 25.5. The third-order valence-corrected chi connectivity index (χ3v) is 10.2. The molecule has 0 fully saturated rings. The summed E-state index contributed by atoms with van der Waals surface area (Å²) in [6.07, 6.45) is 0. The molecule has 1 atom stereocenters. The van der Waals surface area contributed by atoms with Crippen LogP contribution in [0.15, 0.2) is 168 Å². The Morgan fingerprint density at radius 3 is 1.48 bits per heavy atom. The van der Waals surface area contributed by atoms with Gasteiger partial charge in [-0.15, -0.1) is 0 Å². The molecule has 0 aromatic heterocycles. The van der Waals surface area contributed by atoms with Gasteiger partial charge in [0, 0.05) is 10.0 Å². The van der Waals surface area contributed by atoms with Crippen LogP contribution in [0.25, 0.3) is 55.6 Å². The van der Waals surface area contributed by atoms with E-state index in [1.165, 1.54) is 77.9 Å². The maximum atomic E-state index is 3.94. The molecule has 7 aromatic rings. The Hall–Kier alpha value is -4.98. The van der Waals surface area contributed by atoms with E-state index < -0.39 is 0 Å². The van der Waals surface area contributed by atoms with Gasteiger partial charge in [-0.1, -0.05) is 149 Å². The molecule has 44 heavy (non-hydrogen) atoms. The summed E-state index contributed by atoms with van der Waals surface area (Å²) in [5.74, 6) is 0. The maximum absolute atomic E-state index is 3.94. The van der Waals surface area contributed by atoms with Crippen LogP contribution in [0, 0.1) is 0 Å². The van der Waals surface area contributed by atoms with Gasteiger partial charge in [0.2, 0.25) is 0 Å². The molecule has 0 saturated heterocycles. The second kappa shape index (κ2) is 9.77. The van der Waals surface area contributed by atoms with Crippen molar-refractivity contribution in [1.29, 1.82) is 0 Å². The molecule has 0 amide bonds. The van der Waals surface area contributed by atoms with Gasteiger partial charge in [0.25, 0.3) is 0 Å². The lowest BCUT2D eigenvalue weighted by Crippen LogP contribution is -2.25. The molecule has 0 N–H and O–H groups in total. The van der Waals surface area contributed by atoms with Gasteiger partial charge in [-0.25, -0.2) is 0 Å². The van der Waals surface area contributed by atoms with E-state index in [0.29, 0.717) is 0 Å². The Kier molecular flexibility index (Phi) is 5.67. The van der Waals surface area contributed by atoms with E-state index in [2.05, 4.69) is 180 Å². The van der Waals surface area contributed by atoms with Crippen molar-refractivity contribution in [2.45, 2.75) is 5.41 Å². The molecule has 0 saturated carbocycles. The van der Waals surface area contributed by atoms with Crippen molar-refractivity contribution in [3.63, 3.8) is 0 Å². The van der Waals surface area contributed by atoms with Gasteiger partial charge in [0.05, 0.1) is 5.41 Å². The lowest BCUT2D eigenvalue weighted by Gasteiger charge is -2.30. The Morgan fingerprint density at radius 1 is 0.318 bits per heavy atom. The van der Waals surface area contributed by atoms with E-state index in [9.17, 15) is 0 Å². The zero-order valence-electron chi connectivity index (χ0n) is 24.0. The summed E-state index contributed by atoms with van der Waals surface area (Å²) in [5, 5.41) is 0. The number of rotatable bonds is 3. The summed E-state index contributed by atoms with van der Waals surface area (Å²) in [6, 6.07) is 60.3. The molecule has 0 nitrogen and oxygen atoms in total. The molecule has 1 spiro atoms. The van der Waals surface area contributed by atoms with Gasteiger partial charge in [-0.2, -0.15) is 0 Å². The van der Waals surface area contributed by atoms with Crippen molar-refractivity contribution < 1.29 is 0 Å². The van der Waals surface area contributed by atoms with Crippen LogP contribution in [0.4, 0.5) is 0 Å². The highest BCUT2D eigenvalue weighted by Crippen LogP contribution is 2.64. The largest absolute Gasteiger partial charge is 0.0726 e. The summed E-state index contributed by atoms with van der Waals surface area (Å²) in [4.78, 5) is 0. The van der Waals surface area contributed by atoms with Crippen LogP contribution in [-0.4, -0.2) is 0 Å². The van der Waals surface area contributed by atoms with Crippen LogP contribution in [0.1, 0.15) is 22.3 Å². The van der Waals surface area contributed by atoms with Crippen molar-refractivity contribution in [3.8, 4) is 55.6 Å². The summed E-state index contributed by atoms with van der Waals surface area (Å²) in [5.41, 5.74) is 17.6. The number of benzene rings is 7. The molecule has 7 aromatic carbocycles. The van der Waals surface area contributed by atoms with E-state index in [-0.39, 0.29) is 5.41 Å². The summed E-state index contributed by atoms with van der Waals surface area (Å²) in [6.45, 7) is 0. The van der Waals surface area contributed by atoms with Gasteiger partial charge in [0.15, 0.2) is 0 Å². The fourth-order valence-electron chi connectivity index (χ4n) is 7.71. The van der Waals surface area contributed by atoms with Crippen molar-refractivity contribution >= 4 is 15.9 Å². The molecule has 206 valence electrons. The van der Waals surface area contributed by atoms with Gasteiger partial charge in [-0.3, -0.25) is 0 Å². The SMILES string of the molecule is Brc1cccc2c1-c1ccccc1C21c2ccccc2-c2ccc(-c3cc(-c4ccccc4)cc(-c4ccccc4)c3)cc21. The van der Waals surface area contributed by atoms with E-state index in [4.69, 9.17) is 0 Å². The second-order valence-corrected chi connectivity index (χ2v) is 12.6. The minimum absolute atomic E-state index is 0.378. The molecule has 0 bridgehead atoms.